The SMILES string of the molecule is N=C(N)c1ccc(OCc2cc(COc3ccc(C(=N)N)cc3)cc(COc3ccc(C(N)N)cc3)c2)cc1. The molecular formula is C30H32N6O3. The van der Waals surface area contributed by atoms with E-state index in [1.165, 1.54) is 0 Å². The summed E-state index contributed by atoms with van der Waals surface area (Å²) in [7, 11) is 0. The first-order chi connectivity index (χ1) is 18.8. The molecule has 0 atom stereocenters. The molecule has 0 radical (unpaired) electrons. The number of hydrogen-bond acceptors (Lipinski definition) is 7. The summed E-state index contributed by atoms with van der Waals surface area (Å²) in [5, 5.41) is 15.1. The summed E-state index contributed by atoms with van der Waals surface area (Å²) in [5.41, 5.74) is 27.5. The van der Waals surface area contributed by atoms with Crippen molar-refractivity contribution in [3.05, 3.63) is 124 Å². The van der Waals surface area contributed by atoms with Crippen LogP contribution in [-0.2, 0) is 19.8 Å². The second-order valence-electron chi connectivity index (χ2n) is 8.99. The van der Waals surface area contributed by atoms with Gasteiger partial charge in [-0.25, -0.2) is 0 Å². The van der Waals surface area contributed by atoms with Gasteiger partial charge in [-0.1, -0.05) is 12.1 Å². The molecule has 0 unspecified atom stereocenters. The van der Waals surface area contributed by atoms with Crippen LogP contribution in [0.25, 0.3) is 0 Å². The Morgan fingerprint density at radius 1 is 0.538 bits per heavy atom. The molecule has 10 N–H and O–H groups in total. The summed E-state index contributed by atoms with van der Waals surface area (Å²) in [6.45, 7) is 1.00. The Kier molecular flexibility index (Phi) is 8.78. The predicted octanol–water partition coefficient (Wildman–Crippen LogP) is 3.91. The van der Waals surface area contributed by atoms with Gasteiger partial charge in [0.2, 0.25) is 0 Å². The number of ether oxygens (including phenoxy) is 3. The first-order valence-corrected chi connectivity index (χ1v) is 12.3. The minimum absolute atomic E-state index is 0.00957. The van der Waals surface area contributed by atoms with Gasteiger partial charge in [-0.15, -0.1) is 0 Å². The van der Waals surface area contributed by atoms with Crippen molar-refractivity contribution in [1.82, 2.24) is 0 Å². The Hall–Kier alpha value is -4.86. The molecular weight excluding hydrogens is 492 g/mol. The van der Waals surface area contributed by atoms with Crippen molar-refractivity contribution < 1.29 is 14.2 Å². The molecule has 0 aromatic heterocycles. The molecule has 0 heterocycles. The van der Waals surface area contributed by atoms with Crippen LogP contribution in [0.3, 0.4) is 0 Å². The van der Waals surface area contributed by atoms with Gasteiger partial charge in [-0.3, -0.25) is 10.8 Å². The van der Waals surface area contributed by atoms with Crippen LogP contribution in [0, 0.1) is 10.8 Å². The van der Waals surface area contributed by atoms with Crippen LogP contribution in [0.15, 0.2) is 91.0 Å². The second-order valence-corrected chi connectivity index (χ2v) is 8.99. The Morgan fingerprint density at radius 3 is 1.13 bits per heavy atom. The number of nitrogen functional groups attached to an aromatic ring is 2. The fraction of sp³-hybridized carbons (Fsp3) is 0.133. The average Bonchev–Trinajstić information content (AvgIpc) is 2.94. The molecule has 200 valence electrons. The highest BCUT2D eigenvalue weighted by Gasteiger charge is 2.07. The van der Waals surface area contributed by atoms with Crippen LogP contribution < -0.4 is 37.1 Å². The van der Waals surface area contributed by atoms with E-state index in [9.17, 15) is 0 Å². The number of amidine groups is 2. The van der Waals surface area contributed by atoms with Gasteiger partial charge in [0.25, 0.3) is 0 Å². The maximum absolute atomic E-state index is 7.54. The Morgan fingerprint density at radius 2 is 0.846 bits per heavy atom. The first kappa shape index (κ1) is 27.2. The maximum Gasteiger partial charge on any atom is 0.122 e. The Labute approximate surface area is 227 Å². The molecule has 4 aromatic carbocycles. The van der Waals surface area contributed by atoms with E-state index < -0.39 is 6.17 Å². The van der Waals surface area contributed by atoms with Crippen molar-refractivity contribution in [2.75, 3.05) is 0 Å². The minimum Gasteiger partial charge on any atom is -0.489 e. The van der Waals surface area contributed by atoms with Gasteiger partial charge < -0.3 is 37.1 Å². The highest BCUT2D eigenvalue weighted by molar-refractivity contribution is 5.95. The second kappa shape index (κ2) is 12.6. The lowest BCUT2D eigenvalue weighted by Crippen LogP contribution is -2.19. The van der Waals surface area contributed by atoms with Crippen LogP contribution in [-0.4, -0.2) is 11.7 Å². The number of nitrogens with two attached hydrogens (primary N) is 4. The van der Waals surface area contributed by atoms with Gasteiger partial charge in [0.05, 0.1) is 6.17 Å². The van der Waals surface area contributed by atoms with Gasteiger partial charge in [-0.05, 0) is 101 Å². The zero-order valence-corrected chi connectivity index (χ0v) is 21.4. The Balaban J connectivity index is 1.48. The maximum atomic E-state index is 7.54. The molecule has 0 aliphatic rings. The standard InChI is InChI=1S/C30H32N6O3/c31-28(32)22-1-7-25(8-2-22)37-16-19-13-20(17-38-26-9-3-23(4-10-26)29(33)34)15-21(14-19)18-39-27-11-5-24(6-12-27)30(35)36/h1-15,28H,16-18,31-32H2,(H3,33,34)(H3,35,36). The van der Waals surface area contributed by atoms with E-state index in [0.29, 0.717) is 48.2 Å². The summed E-state index contributed by atoms with van der Waals surface area (Å²) in [4.78, 5) is 0. The number of nitrogens with one attached hydrogen (secondary N) is 2. The van der Waals surface area contributed by atoms with E-state index in [2.05, 4.69) is 0 Å². The lowest BCUT2D eigenvalue weighted by atomic mass is 10.1. The van der Waals surface area contributed by atoms with E-state index in [4.69, 9.17) is 48.0 Å². The highest BCUT2D eigenvalue weighted by atomic mass is 16.5. The van der Waals surface area contributed by atoms with Gasteiger partial charge in [0.15, 0.2) is 0 Å². The third-order valence-corrected chi connectivity index (χ3v) is 5.92. The summed E-state index contributed by atoms with van der Waals surface area (Å²) in [5.74, 6) is 2.06. The molecule has 0 saturated heterocycles. The highest BCUT2D eigenvalue weighted by Crippen LogP contribution is 2.21. The summed E-state index contributed by atoms with van der Waals surface area (Å²) >= 11 is 0. The molecule has 4 aromatic rings. The first-order valence-electron chi connectivity index (χ1n) is 12.3. The third kappa shape index (κ3) is 7.81. The zero-order valence-electron chi connectivity index (χ0n) is 21.4. The smallest absolute Gasteiger partial charge is 0.122 e. The average molecular weight is 525 g/mol. The predicted molar refractivity (Wildman–Crippen MR) is 152 cm³/mol. The molecule has 0 aliphatic carbocycles. The van der Waals surface area contributed by atoms with Crippen molar-refractivity contribution in [2.45, 2.75) is 26.0 Å². The summed E-state index contributed by atoms with van der Waals surface area (Å²) in [6.07, 6.45) is -0.532. The van der Waals surface area contributed by atoms with Crippen LogP contribution in [0.1, 0.15) is 39.5 Å². The summed E-state index contributed by atoms with van der Waals surface area (Å²) in [6, 6.07) is 27.6. The molecule has 0 saturated carbocycles. The molecule has 0 bridgehead atoms. The van der Waals surface area contributed by atoms with Crippen LogP contribution >= 0.6 is 0 Å². The molecule has 0 spiro atoms. The third-order valence-electron chi connectivity index (χ3n) is 5.92. The lowest BCUT2D eigenvalue weighted by Gasteiger charge is -2.14. The largest absolute Gasteiger partial charge is 0.489 e. The van der Waals surface area contributed by atoms with E-state index >= 15 is 0 Å². The molecule has 0 fully saturated rings. The molecule has 39 heavy (non-hydrogen) atoms. The van der Waals surface area contributed by atoms with E-state index in [-0.39, 0.29) is 11.7 Å². The number of benzene rings is 4. The number of hydrogen-bond donors (Lipinski definition) is 6. The molecule has 0 aliphatic heterocycles. The quantitative estimate of drug-likeness (QED) is 0.0923. The molecule has 0 amide bonds. The van der Waals surface area contributed by atoms with Gasteiger partial charge in [-0.2, -0.15) is 0 Å². The van der Waals surface area contributed by atoms with Crippen molar-refractivity contribution in [2.24, 2.45) is 22.9 Å². The van der Waals surface area contributed by atoms with Crippen LogP contribution in [0.4, 0.5) is 0 Å². The monoisotopic (exact) mass is 524 g/mol. The lowest BCUT2D eigenvalue weighted by molar-refractivity contribution is 0.293. The van der Waals surface area contributed by atoms with Crippen LogP contribution in [0.5, 0.6) is 17.2 Å². The van der Waals surface area contributed by atoms with Crippen molar-refractivity contribution in [1.29, 1.82) is 10.8 Å². The molecule has 9 heteroatoms. The number of rotatable bonds is 12. The van der Waals surface area contributed by atoms with Crippen molar-refractivity contribution >= 4 is 11.7 Å². The van der Waals surface area contributed by atoms with Gasteiger partial charge in [0, 0.05) is 11.1 Å². The fourth-order valence-electron chi connectivity index (χ4n) is 3.84. The van der Waals surface area contributed by atoms with Gasteiger partial charge in [0.1, 0.15) is 48.7 Å². The Bertz CT molecular complexity index is 1340. The fourth-order valence-corrected chi connectivity index (χ4v) is 3.84. The van der Waals surface area contributed by atoms with Gasteiger partial charge >= 0.3 is 0 Å². The van der Waals surface area contributed by atoms with E-state index in [0.717, 1.165) is 22.3 Å². The van der Waals surface area contributed by atoms with Crippen molar-refractivity contribution in [3.8, 4) is 17.2 Å². The van der Waals surface area contributed by atoms with E-state index in [1.807, 2.05) is 42.5 Å². The summed E-state index contributed by atoms with van der Waals surface area (Å²) < 4.78 is 18.0. The normalized spacial score (nSPS) is 10.7. The molecule has 9 nitrogen and oxygen atoms in total. The zero-order chi connectivity index (χ0) is 27.8. The van der Waals surface area contributed by atoms with E-state index in [1.54, 1.807) is 48.5 Å². The molecule has 4 rings (SSSR count). The minimum atomic E-state index is -0.532. The van der Waals surface area contributed by atoms with Crippen molar-refractivity contribution in [3.63, 3.8) is 0 Å². The van der Waals surface area contributed by atoms with Crippen LogP contribution in [0.2, 0.25) is 0 Å². The topological polar surface area (TPSA) is 179 Å².